The number of amides is 2. The highest BCUT2D eigenvalue weighted by Gasteiger charge is 2.30. The number of carbonyl (C=O) groups is 3. The molecule has 3 aromatic rings. The molecule has 1 fully saturated rings. The van der Waals surface area contributed by atoms with Crippen molar-refractivity contribution in [3.8, 4) is 0 Å². The lowest BCUT2D eigenvalue weighted by Crippen LogP contribution is -2.50. The second kappa shape index (κ2) is 8.59. The summed E-state index contributed by atoms with van der Waals surface area (Å²) in [4.78, 5) is 42.5. The highest BCUT2D eigenvalue weighted by molar-refractivity contribution is 7.12. The third-order valence-electron chi connectivity index (χ3n) is 5.98. The van der Waals surface area contributed by atoms with Gasteiger partial charge < -0.3 is 14.5 Å². The molecule has 1 saturated heterocycles. The maximum Gasteiger partial charge on any atom is 0.339 e. The highest BCUT2D eigenvalue weighted by Crippen LogP contribution is 2.31. The third kappa shape index (κ3) is 3.91. The molecule has 3 heterocycles. The third-order valence-corrected chi connectivity index (χ3v) is 6.84. The molecule has 1 atom stereocenters. The number of rotatable bonds is 3. The van der Waals surface area contributed by atoms with E-state index in [1.807, 2.05) is 53.9 Å². The van der Waals surface area contributed by atoms with Crippen LogP contribution in [0.4, 0.5) is 0 Å². The van der Waals surface area contributed by atoms with E-state index in [-0.39, 0.29) is 23.9 Å². The van der Waals surface area contributed by atoms with Gasteiger partial charge in [0, 0.05) is 38.2 Å². The molecule has 0 radical (unpaired) electrons. The standard InChI is InChI=1S/C25H22N2O4S/c28-23(26-10-12-27(13-11-26)24(29)22-7-4-14-32-22)18-8-9-20-19(15-18)16-21(31-25(20)30)17-5-2-1-3-6-17/h1-9,14-15,21H,10-13,16H2/t21-/m0/s1. The minimum atomic E-state index is -0.361. The van der Waals surface area contributed by atoms with E-state index in [1.54, 1.807) is 21.9 Å². The van der Waals surface area contributed by atoms with Crippen LogP contribution in [0.2, 0.25) is 0 Å². The maximum absolute atomic E-state index is 13.1. The minimum absolute atomic E-state index is 0.0198. The van der Waals surface area contributed by atoms with Crippen molar-refractivity contribution in [2.24, 2.45) is 0 Å². The number of ether oxygens (including phenoxy) is 1. The molecule has 32 heavy (non-hydrogen) atoms. The topological polar surface area (TPSA) is 66.9 Å². The molecule has 6 nitrogen and oxygen atoms in total. The summed E-state index contributed by atoms with van der Waals surface area (Å²) in [7, 11) is 0. The van der Waals surface area contributed by atoms with Crippen LogP contribution in [-0.4, -0.2) is 53.8 Å². The lowest BCUT2D eigenvalue weighted by Gasteiger charge is -2.34. The van der Waals surface area contributed by atoms with Gasteiger partial charge in [0.15, 0.2) is 0 Å². The predicted molar refractivity (Wildman–Crippen MR) is 121 cm³/mol. The normalized spacial score (nSPS) is 18.1. The molecule has 2 aliphatic heterocycles. The Balaban J connectivity index is 1.28. The van der Waals surface area contributed by atoms with Crippen LogP contribution in [-0.2, 0) is 11.2 Å². The molecule has 0 spiro atoms. The van der Waals surface area contributed by atoms with Gasteiger partial charge in [-0.3, -0.25) is 9.59 Å². The molecule has 2 amide bonds. The Morgan fingerprint density at radius 1 is 0.875 bits per heavy atom. The Labute approximate surface area is 190 Å². The lowest BCUT2D eigenvalue weighted by molar-refractivity contribution is 0.0252. The molecular formula is C25H22N2O4S. The van der Waals surface area contributed by atoms with E-state index in [2.05, 4.69) is 0 Å². The van der Waals surface area contributed by atoms with Gasteiger partial charge >= 0.3 is 5.97 Å². The van der Waals surface area contributed by atoms with Crippen LogP contribution < -0.4 is 0 Å². The van der Waals surface area contributed by atoms with E-state index < -0.39 is 0 Å². The van der Waals surface area contributed by atoms with Crippen LogP contribution in [0.3, 0.4) is 0 Å². The number of cyclic esters (lactones) is 1. The summed E-state index contributed by atoms with van der Waals surface area (Å²) in [5, 5.41) is 1.89. The zero-order valence-electron chi connectivity index (χ0n) is 17.4. The molecule has 0 N–H and O–H groups in total. The largest absolute Gasteiger partial charge is 0.454 e. The van der Waals surface area contributed by atoms with Crippen molar-refractivity contribution < 1.29 is 19.1 Å². The molecule has 162 valence electrons. The summed E-state index contributed by atoms with van der Waals surface area (Å²) >= 11 is 1.43. The molecule has 5 rings (SSSR count). The molecule has 0 saturated carbocycles. The fourth-order valence-corrected chi connectivity index (χ4v) is 4.92. The molecule has 0 bridgehead atoms. The summed E-state index contributed by atoms with van der Waals surface area (Å²) in [5.74, 6) is -0.419. The summed E-state index contributed by atoms with van der Waals surface area (Å²) in [5.41, 5.74) is 2.84. The Hall–Kier alpha value is -3.45. The summed E-state index contributed by atoms with van der Waals surface area (Å²) in [6.07, 6.45) is 0.184. The molecule has 2 aliphatic rings. The summed E-state index contributed by atoms with van der Waals surface area (Å²) < 4.78 is 5.61. The van der Waals surface area contributed by atoms with Gasteiger partial charge in [0.05, 0.1) is 10.4 Å². The van der Waals surface area contributed by atoms with Crippen molar-refractivity contribution in [2.75, 3.05) is 26.2 Å². The molecule has 1 aromatic heterocycles. The predicted octanol–water partition coefficient (Wildman–Crippen LogP) is 3.80. The van der Waals surface area contributed by atoms with Gasteiger partial charge in [-0.05, 0) is 40.8 Å². The van der Waals surface area contributed by atoms with Crippen LogP contribution in [0.25, 0.3) is 0 Å². The van der Waals surface area contributed by atoms with Crippen LogP contribution >= 0.6 is 11.3 Å². The van der Waals surface area contributed by atoms with E-state index in [1.165, 1.54) is 11.3 Å². The van der Waals surface area contributed by atoms with E-state index in [0.29, 0.717) is 43.7 Å². The quantitative estimate of drug-likeness (QED) is 0.574. The number of piperazine rings is 1. The molecule has 2 aromatic carbocycles. The van der Waals surface area contributed by atoms with Gasteiger partial charge in [-0.2, -0.15) is 0 Å². The summed E-state index contributed by atoms with van der Waals surface area (Å²) in [6, 6.07) is 18.5. The second-order valence-electron chi connectivity index (χ2n) is 7.94. The van der Waals surface area contributed by atoms with Crippen molar-refractivity contribution >= 4 is 29.1 Å². The van der Waals surface area contributed by atoms with Gasteiger partial charge in [0.2, 0.25) is 0 Å². The Morgan fingerprint density at radius 2 is 1.59 bits per heavy atom. The number of carbonyl (C=O) groups excluding carboxylic acids is 3. The van der Waals surface area contributed by atoms with E-state index in [4.69, 9.17) is 4.74 Å². The average Bonchev–Trinajstić information content (AvgIpc) is 3.38. The first-order valence-electron chi connectivity index (χ1n) is 10.6. The van der Waals surface area contributed by atoms with Crippen LogP contribution in [0.5, 0.6) is 0 Å². The van der Waals surface area contributed by atoms with Crippen LogP contribution in [0, 0.1) is 0 Å². The van der Waals surface area contributed by atoms with Crippen LogP contribution in [0.15, 0.2) is 66.0 Å². The molecular weight excluding hydrogens is 424 g/mol. The maximum atomic E-state index is 13.1. The van der Waals surface area contributed by atoms with E-state index in [0.717, 1.165) is 16.0 Å². The first-order chi connectivity index (χ1) is 15.6. The number of fused-ring (bicyclic) bond motifs is 1. The number of benzene rings is 2. The Morgan fingerprint density at radius 3 is 2.28 bits per heavy atom. The van der Waals surface area contributed by atoms with Gasteiger partial charge in [-0.1, -0.05) is 36.4 Å². The SMILES string of the molecule is O=C1O[C@H](c2ccccc2)Cc2cc(C(=O)N3CCN(C(=O)c4cccs4)CC3)ccc21. The number of hydrogen-bond acceptors (Lipinski definition) is 5. The zero-order chi connectivity index (χ0) is 22.1. The van der Waals surface area contributed by atoms with Crippen molar-refractivity contribution in [3.05, 3.63) is 93.2 Å². The Bertz CT molecular complexity index is 1150. The zero-order valence-corrected chi connectivity index (χ0v) is 18.2. The molecule has 0 unspecified atom stereocenters. The van der Waals surface area contributed by atoms with E-state index in [9.17, 15) is 14.4 Å². The molecule has 7 heteroatoms. The number of thiophene rings is 1. The fraction of sp³-hybridized carbons (Fsp3) is 0.240. The number of hydrogen-bond donors (Lipinski definition) is 0. The van der Waals surface area contributed by atoms with Gasteiger partial charge in [-0.25, -0.2) is 4.79 Å². The lowest BCUT2D eigenvalue weighted by atomic mass is 9.93. The highest BCUT2D eigenvalue weighted by atomic mass is 32.1. The summed E-state index contributed by atoms with van der Waals surface area (Å²) in [6.45, 7) is 2.00. The number of nitrogens with zero attached hydrogens (tertiary/aromatic N) is 2. The van der Waals surface area contributed by atoms with Crippen molar-refractivity contribution in [3.63, 3.8) is 0 Å². The van der Waals surface area contributed by atoms with Crippen LogP contribution in [0.1, 0.15) is 47.6 Å². The van der Waals surface area contributed by atoms with Gasteiger partial charge in [0.25, 0.3) is 11.8 Å². The van der Waals surface area contributed by atoms with E-state index >= 15 is 0 Å². The minimum Gasteiger partial charge on any atom is -0.454 e. The first kappa shape index (κ1) is 20.5. The molecule has 0 aliphatic carbocycles. The second-order valence-corrected chi connectivity index (χ2v) is 8.89. The monoisotopic (exact) mass is 446 g/mol. The Kier molecular flexibility index (Phi) is 5.49. The first-order valence-corrected chi connectivity index (χ1v) is 11.5. The van der Waals surface area contributed by atoms with Gasteiger partial charge in [-0.15, -0.1) is 11.3 Å². The number of esters is 1. The van der Waals surface area contributed by atoms with Crippen molar-refractivity contribution in [1.29, 1.82) is 0 Å². The fourth-order valence-electron chi connectivity index (χ4n) is 4.23. The average molecular weight is 447 g/mol. The van der Waals surface area contributed by atoms with Crippen molar-refractivity contribution in [1.82, 2.24) is 9.80 Å². The van der Waals surface area contributed by atoms with Gasteiger partial charge in [0.1, 0.15) is 6.10 Å². The van der Waals surface area contributed by atoms with Crippen molar-refractivity contribution in [2.45, 2.75) is 12.5 Å². The smallest absolute Gasteiger partial charge is 0.339 e.